The van der Waals surface area contributed by atoms with Gasteiger partial charge in [0.05, 0.1) is 19.3 Å². The predicted molar refractivity (Wildman–Crippen MR) is 139 cm³/mol. The van der Waals surface area contributed by atoms with Crippen molar-refractivity contribution in [2.45, 2.75) is 57.0 Å². The van der Waals surface area contributed by atoms with Gasteiger partial charge in [0.25, 0.3) is 10.2 Å². The lowest BCUT2D eigenvalue weighted by atomic mass is 10.1. The first-order valence-corrected chi connectivity index (χ1v) is 15.3. The number of aryl methyl sites for hydroxylation is 1. The second kappa shape index (κ2) is 14.2. The van der Waals surface area contributed by atoms with E-state index in [-0.39, 0.29) is 19.6 Å². The summed E-state index contributed by atoms with van der Waals surface area (Å²) < 4.78 is 51.5. The molecule has 0 radical (unpaired) electrons. The Morgan fingerprint density at radius 1 is 1.03 bits per heavy atom. The predicted octanol–water partition coefficient (Wildman–Crippen LogP) is 2.96. The minimum Gasteiger partial charge on any atom is -0.464 e. The van der Waals surface area contributed by atoms with Crippen molar-refractivity contribution in [3.05, 3.63) is 71.8 Å². The van der Waals surface area contributed by atoms with E-state index in [1.54, 1.807) is 30.3 Å². The fourth-order valence-electron chi connectivity index (χ4n) is 4.27. The van der Waals surface area contributed by atoms with Gasteiger partial charge in [0.15, 0.2) is 0 Å². The number of benzene rings is 2. The van der Waals surface area contributed by atoms with Crippen LogP contribution in [0.25, 0.3) is 0 Å². The lowest BCUT2D eigenvalue weighted by Crippen LogP contribution is -2.55. The van der Waals surface area contributed by atoms with Crippen molar-refractivity contribution >= 4 is 24.0 Å². The molecule has 3 N–H and O–H groups in total. The molecule has 12 heteroatoms. The number of esters is 1. The quantitative estimate of drug-likeness (QED) is 0.184. The van der Waals surface area contributed by atoms with Crippen LogP contribution in [0.2, 0.25) is 0 Å². The van der Waals surface area contributed by atoms with Crippen LogP contribution in [0, 0.1) is 0 Å². The van der Waals surface area contributed by atoms with Crippen LogP contribution < -0.4 is 4.72 Å². The summed E-state index contributed by atoms with van der Waals surface area (Å²) in [7, 11) is -9.00. The van der Waals surface area contributed by atoms with Gasteiger partial charge < -0.3 is 14.5 Å². The molecule has 2 atom stereocenters. The number of phosphoric acid groups is 1. The van der Waals surface area contributed by atoms with E-state index in [9.17, 15) is 17.8 Å². The minimum absolute atomic E-state index is 0.139. The van der Waals surface area contributed by atoms with E-state index in [0.717, 1.165) is 22.7 Å². The molecule has 0 saturated carbocycles. The van der Waals surface area contributed by atoms with Crippen LogP contribution in [0.15, 0.2) is 60.7 Å². The molecule has 1 aliphatic rings. The van der Waals surface area contributed by atoms with Crippen LogP contribution in [-0.2, 0) is 41.7 Å². The average Bonchev–Trinajstić information content (AvgIpc) is 2.87. The molecule has 2 aromatic carbocycles. The van der Waals surface area contributed by atoms with E-state index in [0.29, 0.717) is 25.7 Å². The van der Waals surface area contributed by atoms with Gasteiger partial charge in [-0.1, -0.05) is 60.7 Å². The lowest BCUT2D eigenvalue weighted by Gasteiger charge is -2.34. The number of rotatable bonds is 14. The number of nitrogens with one attached hydrogen (secondary N) is 1. The van der Waals surface area contributed by atoms with Gasteiger partial charge in [0.2, 0.25) is 0 Å². The molecular weight excluding hydrogens is 519 g/mol. The van der Waals surface area contributed by atoms with E-state index in [1.165, 1.54) is 5.56 Å². The zero-order valence-corrected chi connectivity index (χ0v) is 22.4. The van der Waals surface area contributed by atoms with Crippen LogP contribution >= 0.6 is 7.82 Å². The first-order chi connectivity index (χ1) is 17.6. The maximum Gasteiger partial charge on any atom is 0.469 e. The summed E-state index contributed by atoms with van der Waals surface area (Å²) in [5.74, 6) is -0.587. The van der Waals surface area contributed by atoms with Crippen LogP contribution in [-0.4, -0.2) is 60.3 Å². The molecule has 10 nitrogen and oxygen atoms in total. The standard InChI is InChI=1S/C25H35N2O8PS/c28-25(34-18-10-8-13-21-11-3-1-4-12-21)24-16-7-9-17-27(24)37(32,33)26-23(20-35-36(29,30)31)19-22-14-5-2-6-15-22/h1-6,11-12,14-15,23-24,26H,7-10,13,16-20H2,(H2,29,30,31)/t23?,24-/m0/s1. The van der Waals surface area contributed by atoms with Crippen molar-refractivity contribution in [3.8, 4) is 0 Å². The second-order valence-corrected chi connectivity index (χ2v) is 11.9. The highest BCUT2D eigenvalue weighted by Crippen LogP contribution is 2.36. The number of nitrogens with zero attached hydrogens (tertiary/aromatic N) is 1. The zero-order valence-electron chi connectivity index (χ0n) is 20.6. The molecule has 1 heterocycles. The summed E-state index contributed by atoms with van der Waals surface area (Å²) >= 11 is 0. The molecule has 1 fully saturated rings. The maximum absolute atomic E-state index is 13.3. The SMILES string of the molecule is O=C(OCCCCc1ccccc1)[C@@H]1CCCCN1S(=O)(=O)NC(COP(=O)(O)O)Cc1ccccc1. The molecule has 1 saturated heterocycles. The largest absolute Gasteiger partial charge is 0.469 e. The van der Waals surface area contributed by atoms with Crippen molar-refractivity contribution in [1.82, 2.24) is 9.03 Å². The van der Waals surface area contributed by atoms with Crippen LogP contribution in [0.3, 0.4) is 0 Å². The molecule has 0 aromatic heterocycles. The number of carbonyl (C=O) groups is 1. The smallest absolute Gasteiger partial charge is 0.464 e. The van der Waals surface area contributed by atoms with Crippen molar-refractivity contribution < 1.29 is 36.8 Å². The van der Waals surface area contributed by atoms with Gasteiger partial charge in [0.1, 0.15) is 6.04 Å². The third-order valence-electron chi connectivity index (χ3n) is 6.07. The van der Waals surface area contributed by atoms with Gasteiger partial charge in [-0.05, 0) is 56.1 Å². The summed E-state index contributed by atoms with van der Waals surface area (Å²) in [5.41, 5.74) is 1.96. The second-order valence-electron chi connectivity index (χ2n) is 9.03. The molecule has 1 aliphatic heterocycles. The molecule has 2 aromatic rings. The van der Waals surface area contributed by atoms with Crippen LogP contribution in [0.4, 0.5) is 0 Å². The lowest BCUT2D eigenvalue weighted by molar-refractivity contribution is -0.149. The first kappa shape index (κ1) is 29.4. The molecule has 204 valence electrons. The number of hydrogen-bond donors (Lipinski definition) is 3. The van der Waals surface area contributed by atoms with Gasteiger partial charge in [-0.3, -0.25) is 9.32 Å². The summed E-state index contributed by atoms with van der Waals surface area (Å²) in [6, 6.07) is 17.0. The summed E-state index contributed by atoms with van der Waals surface area (Å²) in [4.78, 5) is 31.1. The average molecular weight is 555 g/mol. The molecule has 1 unspecified atom stereocenters. The van der Waals surface area contributed by atoms with E-state index >= 15 is 0 Å². The topological polar surface area (TPSA) is 142 Å². The number of hydrogen-bond acceptors (Lipinski definition) is 6. The molecule has 0 bridgehead atoms. The van der Waals surface area contributed by atoms with Gasteiger partial charge in [0, 0.05) is 6.54 Å². The Morgan fingerprint density at radius 2 is 1.68 bits per heavy atom. The van der Waals surface area contributed by atoms with E-state index in [2.05, 4.69) is 9.25 Å². The fourth-order valence-corrected chi connectivity index (χ4v) is 6.25. The van der Waals surface area contributed by atoms with Crippen LogP contribution in [0.5, 0.6) is 0 Å². The van der Waals surface area contributed by atoms with Gasteiger partial charge in [-0.15, -0.1) is 0 Å². The molecule has 0 spiro atoms. The number of unbranched alkanes of at least 4 members (excludes halogenated alkanes) is 1. The summed E-state index contributed by atoms with van der Waals surface area (Å²) in [5, 5.41) is 0. The van der Waals surface area contributed by atoms with E-state index in [1.807, 2.05) is 30.3 Å². The van der Waals surface area contributed by atoms with Crippen molar-refractivity contribution in [1.29, 1.82) is 0 Å². The molecular formula is C25H35N2O8PS. The third-order valence-corrected chi connectivity index (χ3v) is 8.24. The third kappa shape index (κ3) is 10.3. The number of phosphoric ester groups is 1. The highest BCUT2D eigenvalue weighted by molar-refractivity contribution is 7.87. The number of carbonyl (C=O) groups excluding carboxylic acids is 1. The fraction of sp³-hybridized carbons (Fsp3) is 0.480. The molecule has 0 aliphatic carbocycles. The number of piperidine rings is 1. The normalized spacial score (nSPS) is 17.8. The maximum atomic E-state index is 13.3. The monoisotopic (exact) mass is 554 g/mol. The van der Waals surface area contributed by atoms with E-state index in [4.69, 9.17) is 14.5 Å². The first-order valence-electron chi connectivity index (χ1n) is 12.4. The molecule has 0 amide bonds. The van der Waals surface area contributed by atoms with Gasteiger partial charge >= 0.3 is 13.8 Å². The summed E-state index contributed by atoms with van der Waals surface area (Å²) in [6.07, 6.45) is 4.13. The van der Waals surface area contributed by atoms with Gasteiger partial charge in [-0.25, -0.2) is 4.57 Å². The van der Waals surface area contributed by atoms with Gasteiger partial charge in [-0.2, -0.15) is 17.4 Å². The summed E-state index contributed by atoms with van der Waals surface area (Å²) in [6.45, 7) is -0.195. The Kier molecular flexibility index (Phi) is 11.3. The Morgan fingerprint density at radius 3 is 2.32 bits per heavy atom. The Hall–Kier alpha value is -2.11. The highest BCUT2D eigenvalue weighted by Gasteiger charge is 2.39. The Bertz CT molecular complexity index is 1130. The molecule has 3 rings (SSSR count). The highest BCUT2D eigenvalue weighted by atomic mass is 32.2. The Balaban J connectivity index is 1.59. The Labute approximate surface area is 218 Å². The number of ether oxygens (including phenoxy) is 1. The minimum atomic E-state index is -4.81. The van der Waals surface area contributed by atoms with Crippen LogP contribution in [0.1, 0.15) is 43.2 Å². The van der Waals surface area contributed by atoms with Crippen molar-refractivity contribution in [2.75, 3.05) is 19.8 Å². The van der Waals surface area contributed by atoms with Crippen molar-refractivity contribution in [3.63, 3.8) is 0 Å². The molecule has 37 heavy (non-hydrogen) atoms. The van der Waals surface area contributed by atoms with E-state index < -0.39 is 42.7 Å². The van der Waals surface area contributed by atoms with Crippen molar-refractivity contribution in [2.24, 2.45) is 0 Å². The zero-order chi connectivity index (χ0) is 26.7.